The van der Waals surface area contributed by atoms with Gasteiger partial charge in [0.05, 0.1) is 58.4 Å². The van der Waals surface area contributed by atoms with Crippen molar-refractivity contribution in [3.05, 3.63) is 82.9 Å². The minimum atomic E-state index is -1.83. The summed E-state index contributed by atoms with van der Waals surface area (Å²) in [6.45, 7) is 7.77. The monoisotopic (exact) mass is 1090 g/mol. The number of likely N-dealkylation sites (N-methyl/N-ethyl adjacent to an activating group) is 1. The van der Waals surface area contributed by atoms with Crippen LogP contribution in [0.1, 0.15) is 78.2 Å². The molecule has 4 aromatic carbocycles. The molecule has 5 amide bonds. The summed E-state index contributed by atoms with van der Waals surface area (Å²) in [6.07, 6.45) is -10.4. The quantitative estimate of drug-likeness (QED) is 0.0263. The van der Waals surface area contributed by atoms with Crippen molar-refractivity contribution in [3.8, 4) is 11.5 Å². The number of rotatable bonds is 23. The van der Waals surface area contributed by atoms with Crippen molar-refractivity contribution >= 4 is 75.3 Å². The number of nitrogens with one attached hydrogen (secondary N) is 2. The number of hydrogen-bond donors (Lipinski definition) is 2. The lowest BCUT2D eigenvalue weighted by atomic mass is 9.89. The Hall–Kier alpha value is -8.13. The van der Waals surface area contributed by atoms with Crippen molar-refractivity contribution in [2.45, 2.75) is 84.5 Å². The largest absolute Gasteiger partial charge is 0.496 e. The number of methoxy groups -OCH3 is 2. The van der Waals surface area contributed by atoms with Gasteiger partial charge < -0.3 is 62.3 Å². The lowest BCUT2D eigenvalue weighted by molar-refractivity contribution is -0.282. The van der Waals surface area contributed by atoms with Crippen LogP contribution in [-0.4, -0.2) is 174 Å². The van der Waals surface area contributed by atoms with Gasteiger partial charge in [0.1, 0.15) is 23.7 Å². The molecular weight excluding hydrogens is 1030 g/mol. The minimum Gasteiger partial charge on any atom is -0.496 e. The van der Waals surface area contributed by atoms with E-state index in [1.54, 1.807) is 45.0 Å². The third kappa shape index (κ3) is 15.1. The van der Waals surface area contributed by atoms with E-state index in [1.165, 1.54) is 37.3 Å². The summed E-state index contributed by atoms with van der Waals surface area (Å²) in [5.74, 6) is -5.45. The molecule has 0 spiro atoms. The number of benzene rings is 4. The number of nitrogens with zero attached hydrogens (tertiary/aromatic N) is 2. The van der Waals surface area contributed by atoms with Gasteiger partial charge in [-0.1, -0.05) is 30.3 Å². The molecule has 1 saturated heterocycles. The first-order chi connectivity index (χ1) is 37.1. The summed E-state index contributed by atoms with van der Waals surface area (Å²) < 4.78 is 60.6. The number of imide groups is 1. The molecule has 0 saturated carbocycles. The molecule has 0 bridgehead atoms. The summed E-state index contributed by atoms with van der Waals surface area (Å²) in [7, 11) is 3.94. The lowest BCUT2D eigenvalue weighted by Crippen LogP contribution is -2.64. The number of carbonyl (C=O) groups excluding carboxylic acids is 9. The van der Waals surface area contributed by atoms with Crippen LogP contribution < -0.4 is 20.3 Å². The zero-order valence-electron chi connectivity index (χ0n) is 44.5. The van der Waals surface area contributed by atoms with Gasteiger partial charge in [-0.05, 0) is 67.4 Å². The fourth-order valence-corrected chi connectivity index (χ4v) is 8.31. The number of hydroxylamine groups is 1. The third-order valence-electron chi connectivity index (χ3n) is 11.6. The van der Waals surface area contributed by atoms with Gasteiger partial charge in [0.15, 0.2) is 18.3 Å². The Morgan fingerprint density at radius 2 is 1.40 bits per heavy atom. The molecule has 25 nitrogen and oxygen atoms in total. The number of hydrogen-bond acceptors (Lipinski definition) is 21. The van der Waals surface area contributed by atoms with Gasteiger partial charge in [-0.3, -0.25) is 38.5 Å². The lowest BCUT2D eigenvalue weighted by Gasteiger charge is -2.43. The molecule has 1 fully saturated rings. The topological polar surface area (TPSA) is 295 Å². The Bertz CT molecular complexity index is 2900. The fourth-order valence-electron chi connectivity index (χ4n) is 8.31. The van der Waals surface area contributed by atoms with Crippen LogP contribution in [0.3, 0.4) is 0 Å². The standard InChI is InChI=1S/C53H62N4O21/c1-29(58)73-42-43(74-30(2)59)45(75-31(3)60)50(77-44(42)49(64)68-9)76-39-16-14-32(26-37(39)46(61)54-18-21-69-22-23-70-24-25-72-55-51(65)78-53(4,5)6)28-71-52(66)56(7)19-20-57-47(62)35-15-17-38(67-8)36-27-33-12-10-11-13-34(33)41(40(35)36)48(57)63/h10-17,26-27,42-45,50H,18-25,28H2,1-9H3,(H,54,61)(H,55,65)/t42-,43?,44-,45+,50+/m0/s1. The average Bonchev–Trinajstić information content (AvgIpc) is 3.57. The van der Waals surface area contributed by atoms with Crippen LogP contribution in [0.5, 0.6) is 11.5 Å². The molecule has 0 radical (unpaired) electrons. The van der Waals surface area contributed by atoms with Crippen molar-refractivity contribution < 1.29 is 100 Å². The Morgan fingerprint density at radius 3 is 2.08 bits per heavy atom. The Morgan fingerprint density at radius 1 is 0.744 bits per heavy atom. The van der Waals surface area contributed by atoms with Gasteiger partial charge in [-0.25, -0.2) is 14.4 Å². The van der Waals surface area contributed by atoms with Crippen LogP contribution in [-0.2, 0) is 73.3 Å². The molecule has 2 aliphatic rings. The van der Waals surface area contributed by atoms with E-state index in [0.717, 1.165) is 38.2 Å². The van der Waals surface area contributed by atoms with Crippen molar-refractivity contribution in [3.63, 3.8) is 0 Å². The van der Waals surface area contributed by atoms with Gasteiger partial charge >= 0.3 is 36.1 Å². The van der Waals surface area contributed by atoms with Crippen molar-refractivity contribution in [2.24, 2.45) is 0 Å². The minimum absolute atomic E-state index is 0.00351. The van der Waals surface area contributed by atoms with Crippen LogP contribution in [0.25, 0.3) is 21.5 Å². The highest BCUT2D eigenvalue weighted by molar-refractivity contribution is 6.31. The maximum Gasteiger partial charge on any atom is 0.431 e. The van der Waals surface area contributed by atoms with Crippen molar-refractivity contribution in [2.75, 3.05) is 73.9 Å². The van der Waals surface area contributed by atoms with Crippen molar-refractivity contribution in [1.82, 2.24) is 20.6 Å². The van der Waals surface area contributed by atoms with E-state index in [9.17, 15) is 43.2 Å². The van der Waals surface area contributed by atoms with Crippen LogP contribution in [0.4, 0.5) is 9.59 Å². The van der Waals surface area contributed by atoms with Gasteiger partial charge in [-0.15, -0.1) is 0 Å². The molecule has 4 aromatic rings. The average molecular weight is 1090 g/mol. The normalized spacial score (nSPS) is 17.9. The molecule has 420 valence electrons. The maximum atomic E-state index is 14.2. The number of fused-ring (bicyclic) bond motifs is 2. The zero-order chi connectivity index (χ0) is 56.8. The number of ether oxygens (including phenoxy) is 11. The predicted molar refractivity (Wildman–Crippen MR) is 270 cm³/mol. The van der Waals surface area contributed by atoms with Crippen LogP contribution >= 0.6 is 0 Å². The van der Waals surface area contributed by atoms with E-state index in [2.05, 4.69) is 10.8 Å². The van der Waals surface area contributed by atoms with E-state index in [0.29, 0.717) is 33.0 Å². The third-order valence-corrected chi connectivity index (χ3v) is 11.6. The molecule has 2 N–H and O–H groups in total. The van der Waals surface area contributed by atoms with E-state index in [4.69, 9.17) is 56.9 Å². The van der Waals surface area contributed by atoms with Crippen LogP contribution in [0, 0.1) is 0 Å². The number of carbonyl (C=O) groups is 9. The van der Waals surface area contributed by atoms with Gasteiger partial charge in [0, 0.05) is 63.8 Å². The molecule has 1 unspecified atom stereocenters. The molecule has 2 aliphatic heterocycles. The van der Waals surface area contributed by atoms with Crippen LogP contribution in [0.2, 0.25) is 0 Å². The highest BCUT2D eigenvalue weighted by atomic mass is 16.7. The molecule has 25 heteroatoms. The van der Waals surface area contributed by atoms with Crippen molar-refractivity contribution in [1.29, 1.82) is 0 Å². The maximum absolute atomic E-state index is 14.2. The second-order valence-electron chi connectivity index (χ2n) is 18.5. The van der Waals surface area contributed by atoms with E-state index < -0.39 is 96.7 Å². The zero-order valence-corrected chi connectivity index (χ0v) is 44.5. The molecule has 6 rings (SSSR count). The van der Waals surface area contributed by atoms with Crippen LogP contribution in [0.15, 0.2) is 60.7 Å². The second kappa shape index (κ2) is 26.8. The first-order valence-corrected chi connectivity index (χ1v) is 24.5. The molecule has 78 heavy (non-hydrogen) atoms. The van der Waals surface area contributed by atoms with Gasteiger partial charge in [0.2, 0.25) is 12.4 Å². The highest BCUT2D eigenvalue weighted by Crippen LogP contribution is 2.40. The smallest absolute Gasteiger partial charge is 0.431 e. The molecule has 0 aromatic heterocycles. The summed E-state index contributed by atoms with van der Waals surface area (Å²) in [5, 5.41) is 5.19. The Labute approximate surface area is 447 Å². The Balaban J connectivity index is 1.15. The van der Waals surface area contributed by atoms with Gasteiger partial charge in [-0.2, -0.15) is 5.48 Å². The van der Waals surface area contributed by atoms with E-state index in [-0.39, 0.29) is 69.5 Å². The SMILES string of the molecule is COC(=O)[C@H]1O[C@@H](Oc2ccc(COC(=O)N(C)CCN3C(=O)c4ccc(OC)c5cc6ccccc6c(c45)C3=O)cc2C(=O)NCCOCCOCCONC(=O)OC(C)(C)C)[C@H](OC(C)=O)C(OC(C)=O)[C@@H]1OC(C)=O. The first kappa shape index (κ1) is 59.1. The first-order valence-electron chi connectivity index (χ1n) is 24.5. The second-order valence-corrected chi connectivity index (χ2v) is 18.5. The summed E-state index contributed by atoms with van der Waals surface area (Å²) in [5.41, 5.74) is 2.12. The highest BCUT2D eigenvalue weighted by Gasteiger charge is 2.56. The molecule has 5 atom stereocenters. The van der Waals surface area contributed by atoms with E-state index in [1.807, 2.05) is 18.2 Å². The van der Waals surface area contributed by atoms with E-state index >= 15 is 0 Å². The molecular formula is C53H62N4O21. The number of amides is 5. The summed E-state index contributed by atoms with van der Waals surface area (Å²) in [4.78, 5) is 125. The summed E-state index contributed by atoms with van der Waals surface area (Å²) in [6, 6.07) is 16.5. The molecule has 0 aliphatic carbocycles. The Kier molecular flexibility index (Phi) is 20.3. The molecule has 2 heterocycles. The fraction of sp³-hybridized carbons (Fsp3) is 0.453. The van der Waals surface area contributed by atoms with Gasteiger partial charge in [0.25, 0.3) is 17.7 Å². The number of esters is 4. The predicted octanol–water partition coefficient (Wildman–Crippen LogP) is 4.16. The summed E-state index contributed by atoms with van der Waals surface area (Å²) >= 11 is 0.